The molecule has 3 rings (SSSR count). The Morgan fingerprint density at radius 2 is 1.62 bits per heavy atom. The van der Waals surface area contributed by atoms with Gasteiger partial charge in [0.15, 0.2) is 17.5 Å². The summed E-state index contributed by atoms with van der Waals surface area (Å²) in [6, 6.07) is 8.58. The molecule has 2 atom stereocenters. The van der Waals surface area contributed by atoms with Crippen molar-refractivity contribution in [2.45, 2.75) is 44.1 Å². The molecule has 0 N–H and O–H groups in total. The molecule has 1 aliphatic rings. The number of rotatable bonds is 4. The van der Waals surface area contributed by atoms with Crippen LogP contribution in [0.3, 0.4) is 0 Å². The normalized spacial score (nSPS) is 22.4. The van der Waals surface area contributed by atoms with E-state index in [9.17, 15) is 22.0 Å². The van der Waals surface area contributed by atoms with Crippen molar-refractivity contribution in [3.8, 4) is 0 Å². The molecular weight excluding hydrogens is 351 g/mol. The predicted octanol–water partition coefficient (Wildman–Crippen LogP) is 5.94. The van der Waals surface area contributed by atoms with Crippen molar-refractivity contribution in [2.24, 2.45) is 0 Å². The van der Waals surface area contributed by atoms with E-state index in [1.165, 1.54) is 0 Å². The van der Waals surface area contributed by atoms with Gasteiger partial charge in [0.25, 0.3) is 5.92 Å². The number of hydrogen-bond donors (Lipinski definition) is 0. The number of aryl methyl sites for hydroxylation is 1. The summed E-state index contributed by atoms with van der Waals surface area (Å²) in [5.41, 5.74) is 1.47. The number of alkyl halides is 2. The van der Waals surface area contributed by atoms with Crippen molar-refractivity contribution < 1.29 is 26.7 Å². The van der Waals surface area contributed by atoms with Crippen molar-refractivity contribution in [2.75, 3.05) is 6.61 Å². The SMILES string of the molecule is CCCc1ccc(C2COC(c3cc(F)c(F)c(F)c3)C(F)(F)C2)cc1. The Bertz CT molecular complexity index is 749. The maximum atomic E-state index is 14.6. The minimum atomic E-state index is -3.33. The molecule has 1 nitrogen and oxygen atoms in total. The summed E-state index contributed by atoms with van der Waals surface area (Å²) in [6.07, 6.45) is -0.397. The Balaban J connectivity index is 1.79. The quantitative estimate of drug-likeness (QED) is 0.478. The second kappa shape index (κ2) is 7.35. The summed E-state index contributed by atoms with van der Waals surface area (Å²) in [5, 5.41) is 0. The highest BCUT2D eigenvalue weighted by atomic mass is 19.3. The second-order valence-corrected chi connectivity index (χ2v) is 6.67. The Labute approximate surface area is 148 Å². The smallest absolute Gasteiger partial charge is 0.278 e. The Kier molecular flexibility index (Phi) is 5.32. The van der Waals surface area contributed by atoms with Crippen LogP contribution in [0.15, 0.2) is 36.4 Å². The summed E-state index contributed by atoms with van der Waals surface area (Å²) in [7, 11) is 0. The first kappa shape index (κ1) is 18.8. The summed E-state index contributed by atoms with van der Waals surface area (Å²) in [6.45, 7) is 2.05. The fourth-order valence-electron chi connectivity index (χ4n) is 3.35. The second-order valence-electron chi connectivity index (χ2n) is 6.67. The molecule has 1 aliphatic heterocycles. The van der Waals surface area contributed by atoms with Gasteiger partial charge in [-0.05, 0) is 35.2 Å². The van der Waals surface area contributed by atoms with Crippen molar-refractivity contribution in [3.05, 3.63) is 70.5 Å². The van der Waals surface area contributed by atoms with E-state index in [-0.39, 0.29) is 6.61 Å². The van der Waals surface area contributed by atoms with E-state index in [0.717, 1.165) is 24.0 Å². The van der Waals surface area contributed by atoms with Crippen molar-refractivity contribution >= 4 is 0 Å². The lowest BCUT2D eigenvalue weighted by molar-refractivity contribution is -0.181. The van der Waals surface area contributed by atoms with E-state index in [2.05, 4.69) is 6.92 Å². The molecule has 2 aromatic rings. The van der Waals surface area contributed by atoms with Crippen molar-refractivity contribution in [1.29, 1.82) is 0 Å². The molecule has 0 bridgehead atoms. The largest absolute Gasteiger partial charge is 0.367 e. The van der Waals surface area contributed by atoms with Crippen molar-refractivity contribution in [1.82, 2.24) is 0 Å². The minimum absolute atomic E-state index is 0.00596. The van der Waals surface area contributed by atoms with E-state index < -0.39 is 47.4 Å². The highest BCUT2D eigenvalue weighted by Gasteiger charge is 2.48. The number of benzene rings is 2. The van der Waals surface area contributed by atoms with Gasteiger partial charge in [-0.15, -0.1) is 0 Å². The zero-order chi connectivity index (χ0) is 18.9. The first-order chi connectivity index (χ1) is 12.3. The number of halogens is 5. The maximum absolute atomic E-state index is 14.6. The van der Waals surface area contributed by atoms with Crippen LogP contribution < -0.4 is 0 Å². The third kappa shape index (κ3) is 3.75. The van der Waals surface area contributed by atoms with E-state index in [1.807, 2.05) is 24.3 Å². The van der Waals surface area contributed by atoms with Gasteiger partial charge in [0.1, 0.15) is 6.10 Å². The topological polar surface area (TPSA) is 9.23 Å². The Morgan fingerprint density at radius 1 is 1.00 bits per heavy atom. The first-order valence-corrected chi connectivity index (χ1v) is 8.54. The third-order valence-electron chi connectivity index (χ3n) is 4.66. The van der Waals surface area contributed by atoms with E-state index >= 15 is 0 Å². The van der Waals surface area contributed by atoms with Gasteiger partial charge in [0.05, 0.1) is 6.61 Å². The average Bonchev–Trinajstić information content (AvgIpc) is 2.59. The summed E-state index contributed by atoms with van der Waals surface area (Å²) < 4.78 is 74.3. The third-order valence-corrected chi connectivity index (χ3v) is 4.66. The van der Waals surface area contributed by atoms with Crippen LogP contribution in [0.1, 0.15) is 48.5 Å². The lowest BCUT2D eigenvalue weighted by Crippen LogP contribution is -2.37. The monoisotopic (exact) mass is 370 g/mol. The molecule has 2 aromatic carbocycles. The van der Waals surface area contributed by atoms with Crippen LogP contribution in [0.25, 0.3) is 0 Å². The summed E-state index contributed by atoms with van der Waals surface area (Å²) >= 11 is 0. The predicted molar refractivity (Wildman–Crippen MR) is 87.8 cm³/mol. The highest BCUT2D eigenvalue weighted by Crippen LogP contribution is 2.46. The lowest BCUT2D eigenvalue weighted by Gasteiger charge is -2.36. The molecule has 6 heteroatoms. The molecule has 26 heavy (non-hydrogen) atoms. The highest BCUT2D eigenvalue weighted by molar-refractivity contribution is 5.28. The minimum Gasteiger partial charge on any atom is -0.367 e. The first-order valence-electron chi connectivity index (χ1n) is 8.54. The molecule has 1 fully saturated rings. The molecular formula is C20H19F5O. The zero-order valence-corrected chi connectivity index (χ0v) is 14.2. The van der Waals surface area contributed by atoms with Crippen LogP contribution in [0.5, 0.6) is 0 Å². The maximum Gasteiger partial charge on any atom is 0.278 e. The van der Waals surface area contributed by atoms with Crippen LogP contribution >= 0.6 is 0 Å². The van der Waals surface area contributed by atoms with Crippen LogP contribution in [-0.2, 0) is 11.2 Å². The average molecular weight is 370 g/mol. The van der Waals surface area contributed by atoms with Gasteiger partial charge >= 0.3 is 0 Å². The van der Waals surface area contributed by atoms with Gasteiger partial charge < -0.3 is 4.74 Å². The molecule has 0 saturated carbocycles. The molecule has 0 aliphatic carbocycles. The summed E-state index contributed by atoms with van der Waals surface area (Å²) in [4.78, 5) is 0. The van der Waals surface area contributed by atoms with E-state index in [0.29, 0.717) is 12.1 Å². The molecule has 0 aromatic heterocycles. The Morgan fingerprint density at radius 3 is 2.15 bits per heavy atom. The van der Waals surface area contributed by atoms with Crippen LogP contribution in [-0.4, -0.2) is 12.5 Å². The van der Waals surface area contributed by atoms with Gasteiger partial charge in [-0.1, -0.05) is 37.6 Å². The lowest BCUT2D eigenvalue weighted by atomic mass is 9.86. The fourth-order valence-corrected chi connectivity index (χ4v) is 3.35. The van der Waals surface area contributed by atoms with Crippen molar-refractivity contribution in [3.63, 3.8) is 0 Å². The van der Waals surface area contributed by atoms with Crippen LogP contribution in [0, 0.1) is 17.5 Å². The molecule has 0 radical (unpaired) electrons. The van der Waals surface area contributed by atoms with Gasteiger partial charge in [-0.25, -0.2) is 22.0 Å². The van der Waals surface area contributed by atoms with Crippen LogP contribution in [0.4, 0.5) is 22.0 Å². The van der Waals surface area contributed by atoms with Crippen LogP contribution in [0.2, 0.25) is 0 Å². The number of hydrogen-bond acceptors (Lipinski definition) is 1. The van der Waals surface area contributed by atoms with Gasteiger partial charge in [-0.3, -0.25) is 0 Å². The summed E-state index contributed by atoms with van der Waals surface area (Å²) in [5.74, 6) is -8.55. The Hall–Kier alpha value is -1.95. The van der Waals surface area contributed by atoms with E-state index in [1.54, 1.807) is 0 Å². The fraction of sp³-hybridized carbons (Fsp3) is 0.400. The zero-order valence-electron chi connectivity index (χ0n) is 14.2. The van der Waals surface area contributed by atoms with Gasteiger partial charge in [-0.2, -0.15) is 0 Å². The standard InChI is InChI=1S/C20H19F5O/c1-2-3-12-4-6-13(7-5-12)15-10-20(24,25)19(26-11-15)14-8-16(21)18(23)17(22)9-14/h4-9,15,19H,2-3,10-11H2,1H3. The molecule has 1 saturated heterocycles. The van der Waals surface area contributed by atoms with E-state index in [4.69, 9.17) is 4.74 Å². The molecule has 0 amide bonds. The van der Waals surface area contributed by atoms with Gasteiger partial charge in [0.2, 0.25) is 0 Å². The molecule has 140 valence electrons. The molecule has 0 spiro atoms. The molecule has 1 heterocycles. The number of ether oxygens (including phenoxy) is 1. The van der Waals surface area contributed by atoms with Gasteiger partial charge in [0, 0.05) is 12.3 Å². The molecule has 2 unspecified atom stereocenters.